The molecule has 0 aliphatic heterocycles. The Labute approximate surface area is 95.1 Å². The van der Waals surface area contributed by atoms with E-state index >= 15 is 0 Å². The minimum atomic E-state index is 0.369. The van der Waals surface area contributed by atoms with Gasteiger partial charge in [-0.25, -0.2) is 0 Å². The molecule has 0 aliphatic carbocycles. The van der Waals surface area contributed by atoms with Crippen LogP contribution < -0.4 is 5.32 Å². The van der Waals surface area contributed by atoms with Gasteiger partial charge in [-0.3, -0.25) is 0 Å². The highest BCUT2D eigenvalue weighted by atomic mass is 16.5. The van der Waals surface area contributed by atoms with Crippen molar-refractivity contribution >= 4 is 0 Å². The Morgan fingerprint density at radius 1 is 1.33 bits per heavy atom. The van der Waals surface area contributed by atoms with Crippen molar-refractivity contribution in [2.75, 3.05) is 19.7 Å². The van der Waals surface area contributed by atoms with Gasteiger partial charge in [0.05, 0.1) is 6.10 Å². The first-order valence-electron chi connectivity index (χ1n) is 6.13. The Hall–Kier alpha value is -0.340. The number of unbranched alkanes of at least 4 members (excludes halogenated alkanes) is 1. The van der Waals surface area contributed by atoms with Gasteiger partial charge in [0.15, 0.2) is 0 Å². The van der Waals surface area contributed by atoms with Crippen LogP contribution in [-0.2, 0) is 4.74 Å². The molecule has 1 unspecified atom stereocenters. The third-order valence-electron chi connectivity index (χ3n) is 2.29. The smallest absolute Gasteiger partial charge is 0.0696 e. The first-order valence-corrected chi connectivity index (χ1v) is 6.13. The van der Waals surface area contributed by atoms with E-state index in [9.17, 15) is 0 Å². The molecule has 0 aromatic heterocycles. The lowest BCUT2D eigenvalue weighted by atomic mass is 10.2. The molecule has 90 valence electrons. The zero-order chi connectivity index (χ0) is 11.5. The summed E-state index contributed by atoms with van der Waals surface area (Å²) in [6.07, 6.45) is 5.54. The molecule has 0 radical (unpaired) electrons. The first-order chi connectivity index (χ1) is 7.20. The quantitative estimate of drug-likeness (QED) is 0.445. The molecule has 0 amide bonds. The van der Waals surface area contributed by atoms with Crippen LogP contribution in [0.2, 0.25) is 0 Å². The van der Waals surface area contributed by atoms with Gasteiger partial charge in [-0.15, -0.1) is 6.58 Å². The third-order valence-corrected chi connectivity index (χ3v) is 2.29. The zero-order valence-electron chi connectivity index (χ0n) is 10.6. The van der Waals surface area contributed by atoms with Gasteiger partial charge in [-0.1, -0.05) is 26.8 Å². The molecule has 0 heterocycles. The van der Waals surface area contributed by atoms with E-state index in [0.29, 0.717) is 12.0 Å². The summed E-state index contributed by atoms with van der Waals surface area (Å²) in [4.78, 5) is 0. The van der Waals surface area contributed by atoms with Crippen molar-refractivity contribution in [1.82, 2.24) is 5.32 Å². The highest BCUT2D eigenvalue weighted by Gasteiger charge is 2.05. The average Bonchev–Trinajstić information content (AvgIpc) is 2.21. The number of rotatable bonds is 10. The largest absolute Gasteiger partial charge is 0.377 e. The summed E-state index contributed by atoms with van der Waals surface area (Å²) in [7, 11) is 0. The van der Waals surface area contributed by atoms with E-state index in [0.717, 1.165) is 39.0 Å². The highest BCUT2D eigenvalue weighted by Crippen LogP contribution is 2.00. The molecule has 0 fully saturated rings. The maximum atomic E-state index is 5.76. The lowest BCUT2D eigenvalue weighted by Gasteiger charge is -2.17. The molecule has 15 heavy (non-hydrogen) atoms. The molecule has 1 atom stereocenters. The van der Waals surface area contributed by atoms with Crippen LogP contribution in [-0.4, -0.2) is 25.8 Å². The molecule has 0 aromatic carbocycles. The van der Waals surface area contributed by atoms with Gasteiger partial charge in [0, 0.05) is 13.2 Å². The maximum absolute atomic E-state index is 5.76. The SMILES string of the molecule is C=CCCCOC(CC)CNCC(C)C. The van der Waals surface area contributed by atoms with E-state index < -0.39 is 0 Å². The summed E-state index contributed by atoms with van der Waals surface area (Å²) in [6, 6.07) is 0. The molecular weight excluding hydrogens is 186 g/mol. The monoisotopic (exact) mass is 213 g/mol. The number of nitrogens with one attached hydrogen (secondary N) is 1. The summed E-state index contributed by atoms with van der Waals surface area (Å²) < 4.78 is 5.76. The summed E-state index contributed by atoms with van der Waals surface area (Å²) in [5.74, 6) is 0.711. The predicted octanol–water partition coefficient (Wildman–Crippen LogP) is 2.99. The lowest BCUT2D eigenvalue weighted by molar-refractivity contribution is 0.0493. The van der Waals surface area contributed by atoms with Crippen LogP contribution in [0.25, 0.3) is 0 Å². The number of allylic oxidation sites excluding steroid dienone is 1. The van der Waals surface area contributed by atoms with Crippen LogP contribution in [0.3, 0.4) is 0 Å². The topological polar surface area (TPSA) is 21.3 Å². The predicted molar refractivity (Wildman–Crippen MR) is 67.2 cm³/mol. The zero-order valence-corrected chi connectivity index (χ0v) is 10.6. The maximum Gasteiger partial charge on any atom is 0.0696 e. The average molecular weight is 213 g/mol. The van der Waals surface area contributed by atoms with E-state index in [1.165, 1.54) is 0 Å². The van der Waals surface area contributed by atoms with E-state index in [2.05, 4.69) is 32.7 Å². The van der Waals surface area contributed by atoms with Crippen molar-refractivity contribution in [1.29, 1.82) is 0 Å². The number of hydrogen-bond acceptors (Lipinski definition) is 2. The first kappa shape index (κ1) is 14.7. The standard InChI is InChI=1S/C13H27NO/c1-5-7-8-9-15-13(6-2)11-14-10-12(3)4/h5,12-14H,1,6-11H2,2-4H3. The van der Waals surface area contributed by atoms with Gasteiger partial charge in [-0.05, 0) is 31.7 Å². The van der Waals surface area contributed by atoms with Gasteiger partial charge in [0.25, 0.3) is 0 Å². The molecule has 0 aromatic rings. The Kier molecular flexibility index (Phi) is 9.96. The number of hydrogen-bond donors (Lipinski definition) is 1. The summed E-state index contributed by atoms with van der Waals surface area (Å²) in [5.41, 5.74) is 0. The Balaban J connectivity index is 3.41. The van der Waals surface area contributed by atoms with Gasteiger partial charge in [0.1, 0.15) is 0 Å². The van der Waals surface area contributed by atoms with Gasteiger partial charge >= 0.3 is 0 Å². The molecule has 0 aliphatic rings. The molecular formula is C13H27NO. The van der Waals surface area contributed by atoms with Crippen LogP contribution in [0.1, 0.15) is 40.0 Å². The Morgan fingerprint density at radius 3 is 2.60 bits per heavy atom. The molecule has 0 spiro atoms. The van der Waals surface area contributed by atoms with Gasteiger partial charge in [0.2, 0.25) is 0 Å². The molecule has 1 N–H and O–H groups in total. The van der Waals surface area contributed by atoms with Crippen LogP contribution in [0, 0.1) is 5.92 Å². The van der Waals surface area contributed by atoms with Gasteiger partial charge < -0.3 is 10.1 Å². The second-order valence-electron chi connectivity index (χ2n) is 4.38. The fourth-order valence-corrected chi connectivity index (χ4v) is 1.33. The molecule has 0 saturated heterocycles. The van der Waals surface area contributed by atoms with E-state index in [-0.39, 0.29) is 0 Å². The van der Waals surface area contributed by atoms with Crippen molar-refractivity contribution in [2.24, 2.45) is 5.92 Å². The van der Waals surface area contributed by atoms with Crippen molar-refractivity contribution in [3.8, 4) is 0 Å². The van der Waals surface area contributed by atoms with Gasteiger partial charge in [-0.2, -0.15) is 0 Å². The van der Waals surface area contributed by atoms with Crippen LogP contribution in [0.15, 0.2) is 12.7 Å². The van der Waals surface area contributed by atoms with Crippen molar-refractivity contribution < 1.29 is 4.74 Å². The van der Waals surface area contributed by atoms with E-state index in [1.807, 2.05) is 6.08 Å². The second kappa shape index (κ2) is 10.2. The third kappa shape index (κ3) is 9.95. The molecule has 2 nitrogen and oxygen atoms in total. The second-order valence-corrected chi connectivity index (χ2v) is 4.38. The van der Waals surface area contributed by atoms with Crippen LogP contribution in [0.4, 0.5) is 0 Å². The summed E-state index contributed by atoms with van der Waals surface area (Å²) in [6.45, 7) is 13.2. The van der Waals surface area contributed by atoms with Crippen LogP contribution >= 0.6 is 0 Å². The van der Waals surface area contributed by atoms with E-state index in [4.69, 9.17) is 4.74 Å². The molecule has 0 rings (SSSR count). The fraction of sp³-hybridized carbons (Fsp3) is 0.846. The Morgan fingerprint density at radius 2 is 2.07 bits per heavy atom. The minimum absolute atomic E-state index is 0.369. The summed E-state index contributed by atoms with van der Waals surface area (Å²) >= 11 is 0. The molecule has 0 bridgehead atoms. The molecule has 2 heteroatoms. The Bertz CT molecular complexity index is 145. The van der Waals surface area contributed by atoms with Crippen molar-refractivity contribution in [3.05, 3.63) is 12.7 Å². The van der Waals surface area contributed by atoms with E-state index in [1.54, 1.807) is 0 Å². The highest BCUT2D eigenvalue weighted by molar-refractivity contribution is 4.66. The lowest BCUT2D eigenvalue weighted by Crippen LogP contribution is -2.31. The number of ether oxygens (including phenoxy) is 1. The van der Waals surface area contributed by atoms with Crippen molar-refractivity contribution in [2.45, 2.75) is 46.1 Å². The fourth-order valence-electron chi connectivity index (χ4n) is 1.33. The normalized spacial score (nSPS) is 13.1. The molecule has 0 saturated carbocycles. The summed E-state index contributed by atoms with van der Waals surface area (Å²) in [5, 5.41) is 3.43. The van der Waals surface area contributed by atoms with Crippen LogP contribution in [0.5, 0.6) is 0 Å². The van der Waals surface area contributed by atoms with Crippen molar-refractivity contribution in [3.63, 3.8) is 0 Å². The minimum Gasteiger partial charge on any atom is -0.377 e.